The highest BCUT2D eigenvalue weighted by molar-refractivity contribution is 5.97. The fourth-order valence-electron chi connectivity index (χ4n) is 4.03. The Hall–Kier alpha value is -3.47. The minimum Gasteiger partial charge on any atom is -0.493 e. The number of carbonyl (C=O) groups excluding carboxylic acids is 2. The Bertz CT molecular complexity index is 972. The number of nitrogens with zero attached hydrogens (tertiary/aromatic N) is 2. The number of aromatic amines is 1. The van der Waals surface area contributed by atoms with Crippen molar-refractivity contribution in [2.24, 2.45) is 0 Å². The van der Waals surface area contributed by atoms with Gasteiger partial charge in [0.1, 0.15) is 0 Å². The first-order valence-corrected chi connectivity index (χ1v) is 10.8. The summed E-state index contributed by atoms with van der Waals surface area (Å²) in [5.74, 6) is 5.68. The van der Waals surface area contributed by atoms with Gasteiger partial charge in [0.05, 0.1) is 32.4 Å². The molecule has 2 amide bonds. The average Bonchev–Trinajstić information content (AvgIpc) is 3.33. The summed E-state index contributed by atoms with van der Waals surface area (Å²) in [7, 11) is 3.12. The van der Waals surface area contributed by atoms with Crippen LogP contribution in [0.5, 0.6) is 11.5 Å². The number of methoxy groups -OCH3 is 2. The molecule has 1 aliphatic carbocycles. The van der Waals surface area contributed by atoms with E-state index in [1.807, 2.05) is 6.07 Å². The molecule has 1 atom stereocenters. The second kappa shape index (κ2) is 11.2. The summed E-state index contributed by atoms with van der Waals surface area (Å²) in [6.07, 6.45) is 8.33. The number of H-pyrrole nitrogens is 1. The van der Waals surface area contributed by atoms with Gasteiger partial charge < -0.3 is 24.7 Å². The zero-order chi connectivity index (χ0) is 22.9. The van der Waals surface area contributed by atoms with Crippen LogP contribution in [-0.2, 0) is 16.1 Å². The largest absolute Gasteiger partial charge is 0.493 e. The van der Waals surface area contributed by atoms with Crippen molar-refractivity contribution < 1.29 is 19.1 Å². The van der Waals surface area contributed by atoms with E-state index in [0.717, 1.165) is 31.2 Å². The number of amides is 2. The Balaban J connectivity index is 1.94. The first-order valence-electron chi connectivity index (χ1n) is 10.8. The number of rotatable bonds is 8. The van der Waals surface area contributed by atoms with Crippen LogP contribution in [-0.4, -0.2) is 46.9 Å². The zero-order valence-corrected chi connectivity index (χ0v) is 18.8. The number of carbonyl (C=O) groups is 2. The third-order valence-corrected chi connectivity index (χ3v) is 5.62. The van der Waals surface area contributed by atoms with E-state index in [9.17, 15) is 9.59 Å². The number of nitrogens with one attached hydrogen (secondary N) is 2. The maximum absolute atomic E-state index is 13.4. The molecule has 1 fully saturated rings. The van der Waals surface area contributed by atoms with E-state index in [1.165, 1.54) is 17.6 Å². The molecule has 0 radical (unpaired) electrons. The normalized spacial score (nSPS) is 14.6. The quantitative estimate of drug-likeness (QED) is 0.618. The van der Waals surface area contributed by atoms with Crippen molar-refractivity contribution in [1.82, 2.24) is 20.2 Å². The molecule has 32 heavy (non-hydrogen) atoms. The molecule has 8 nitrogen and oxygen atoms in total. The molecule has 1 aromatic carbocycles. The lowest BCUT2D eigenvalue weighted by atomic mass is 9.95. The van der Waals surface area contributed by atoms with Crippen molar-refractivity contribution >= 4 is 11.8 Å². The lowest BCUT2D eigenvalue weighted by Crippen LogP contribution is -2.46. The van der Waals surface area contributed by atoms with Crippen molar-refractivity contribution in [2.75, 3.05) is 14.2 Å². The maximum atomic E-state index is 13.4. The summed E-state index contributed by atoms with van der Waals surface area (Å²) in [6, 6.07) is 4.62. The highest BCUT2D eigenvalue weighted by atomic mass is 16.5. The van der Waals surface area contributed by atoms with Gasteiger partial charge in [0.2, 0.25) is 5.91 Å². The van der Waals surface area contributed by atoms with Gasteiger partial charge in [-0.1, -0.05) is 31.2 Å². The summed E-state index contributed by atoms with van der Waals surface area (Å²) in [5, 5.41) is 3.14. The third-order valence-electron chi connectivity index (χ3n) is 5.62. The van der Waals surface area contributed by atoms with Gasteiger partial charge in [0, 0.05) is 12.6 Å². The van der Waals surface area contributed by atoms with Crippen molar-refractivity contribution in [3.63, 3.8) is 0 Å². The molecule has 1 aromatic heterocycles. The van der Waals surface area contributed by atoms with Gasteiger partial charge >= 0.3 is 0 Å². The number of imidazole rings is 1. The van der Waals surface area contributed by atoms with Crippen molar-refractivity contribution in [2.45, 2.75) is 57.7 Å². The molecule has 2 aromatic rings. The molecule has 1 aliphatic rings. The van der Waals surface area contributed by atoms with Gasteiger partial charge in [-0.05, 0) is 43.4 Å². The molecule has 0 bridgehead atoms. The van der Waals surface area contributed by atoms with Crippen LogP contribution in [0.25, 0.3) is 0 Å². The van der Waals surface area contributed by atoms with Crippen LogP contribution in [0.15, 0.2) is 30.7 Å². The van der Waals surface area contributed by atoms with Crippen LogP contribution >= 0.6 is 0 Å². The van der Waals surface area contributed by atoms with Crippen molar-refractivity contribution in [3.8, 4) is 23.3 Å². The monoisotopic (exact) mass is 438 g/mol. The summed E-state index contributed by atoms with van der Waals surface area (Å²) < 4.78 is 10.7. The molecule has 1 heterocycles. The molecule has 8 heteroatoms. The fraction of sp³-hybridized carbons (Fsp3) is 0.458. The second-order valence-electron chi connectivity index (χ2n) is 7.75. The van der Waals surface area contributed by atoms with Crippen LogP contribution in [0.3, 0.4) is 0 Å². The Labute approximate surface area is 188 Å². The standard InChI is InChI=1S/C24H30N4O4/c1-4-8-22(29)28(15-17-11-12-20(31-2)21(13-17)32-3)23(19-14-25-16-26-19)24(30)27-18-9-6-5-7-10-18/h11-14,16,18,23H,5-7,9-10,15H2,1-3H3,(H,25,26)(H,27,30). The second-order valence-corrected chi connectivity index (χ2v) is 7.75. The molecule has 1 unspecified atom stereocenters. The van der Waals surface area contributed by atoms with Gasteiger partial charge in [-0.15, -0.1) is 0 Å². The number of benzene rings is 1. The molecule has 2 N–H and O–H groups in total. The van der Waals surface area contributed by atoms with E-state index < -0.39 is 11.9 Å². The van der Waals surface area contributed by atoms with Gasteiger partial charge in [0.25, 0.3) is 5.91 Å². The van der Waals surface area contributed by atoms with Gasteiger partial charge in [-0.25, -0.2) is 4.98 Å². The zero-order valence-electron chi connectivity index (χ0n) is 18.8. The molecular formula is C24H30N4O4. The summed E-state index contributed by atoms with van der Waals surface area (Å²) in [4.78, 5) is 35.0. The third kappa shape index (κ3) is 5.61. The van der Waals surface area contributed by atoms with E-state index >= 15 is 0 Å². The van der Waals surface area contributed by atoms with Gasteiger partial charge in [0.15, 0.2) is 17.5 Å². The van der Waals surface area contributed by atoms with E-state index in [4.69, 9.17) is 9.47 Å². The highest BCUT2D eigenvalue weighted by Crippen LogP contribution is 2.30. The Morgan fingerprint density at radius 3 is 2.59 bits per heavy atom. The predicted octanol–water partition coefficient (Wildman–Crippen LogP) is 2.97. The molecule has 0 saturated heterocycles. The smallest absolute Gasteiger partial charge is 0.299 e. The van der Waals surface area contributed by atoms with Crippen LogP contribution < -0.4 is 14.8 Å². The summed E-state index contributed by atoms with van der Waals surface area (Å²) in [5.41, 5.74) is 1.31. The van der Waals surface area contributed by atoms with E-state index in [2.05, 4.69) is 27.1 Å². The van der Waals surface area contributed by atoms with Crippen molar-refractivity contribution in [3.05, 3.63) is 42.0 Å². The van der Waals surface area contributed by atoms with Crippen molar-refractivity contribution in [1.29, 1.82) is 0 Å². The molecule has 0 aliphatic heterocycles. The van der Waals surface area contributed by atoms with Gasteiger partial charge in [-0.2, -0.15) is 0 Å². The first kappa shape index (κ1) is 23.2. The molecular weight excluding hydrogens is 408 g/mol. The van der Waals surface area contributed by atoms with Crippen LogP contribution in [0.1, 0.15) is 56.3 Å². The van der Waals surface area contributed by atoms with Crippen LogP contribution in [0, 0.1) is 11.8 Å². The topological polar surface area (TPSA) is 96.6 Å². The SMILES string of the molecule is CC#CC(=O)N(Cc1ccc(OC)c(OC)c1)C(C(=O)NC1CCCCC1)c1cnc[nH]1. The minimum atomic E-state index is -0.888. The predicted molar refractivity (Wildman–Crippen MR) is 120 cm³/mol. The molecule has 3 rings (SSSR count). The molecule has 1 saturated carbocycles. The highest BCUT2D eigenvalue weighted by Gasteiger charge is 2.33. The number of ether oxygens (including phenoxy) is 2. The molecule has 0 spiro atoms. The summed E-state index contributed by atoms with van der Waals surface area (Å²) >= 11 is 0. The number of aromatic nitrogens is 2. The lowest BCUT2D eigenvalue weighted by molar-refractivity contribution is -0.138. The van der Waals surface area contributed by atoms with E-state index in [1.54, 1.807) is 39.5 Å². The number of hydrogen-bond acceptors (Lipinski definition) is 5. The first-order chi connectivity index (χ1) is 15.6. The van der Waals surface area contributed by atoms with E-state index in [0.29, 0.717) is 17.2 Å². The Kier molecular flexibility index (Phi) is 8.14. The number of hydrogen-bond donors (Lipinski definition) is 2. The lowest BCUT2D eigenvalue weighted by Gasteiger charge is -2.31. The Morgan fingerprint density at radius 1 is 1.22 bits per heavy atom. The van der Waals surface area contributed by atoms with E-state index in [-0.39, 0.29) is 18.5 Å². The van der Waals surface area contributed by atoms with Gasteiger partial charge in [-0.3, -0.25) is 9.59 Å². The summed E-state index contributed by atoms with van der Waals surface area (Å²) in [6.45, 7) is 1.76. The minimum absolute atomic E-state index is 0.108. The maximum Gasteiger partial charge on any atom is 0.299 e. The van der Waals surface area contributed by atoms with Crippen LogP contribution in [0.2, 0.25) is 0 Å². The average molecular weight is 439 g/mol. The Morgan fingerprint density at radius 2 is 1.97 bits per heavy atom. The fourth-order valence-corrected chi connectivity index (χ4v) is 4.03. The molecule has 170 valence electrons. The van der Waals surface area contributed by atoms with Crippen LogP contribution in [0.4, 0.5) is 0 Å².